The highest BCUT2D eigenvalue weighted by Crippen LogP contribution is 2.30. The zero-order chi connectivity index (χ0) is 19.7. The van der Waals surface area contributed by atoms with Crippen LogP contribution >= 0.6 is 34.8 Å². The summed E-state index contributed by atoms with van der Waals surface area (Å²) in [6.45, 7) is 2.38. The molecule has 2 aromatic carbocycles. The molecule has 0 amide bonds. The zero-order valence-corrected chi connectivity index (χ0v) is 16.9. The summed E-state index contributed by atoms with van der Waals surface area (Å²) in [5, 5.41) is 8.91. The fraction of sp³-hybridized carbons (Fsp3) is 0.105. The monoisotopic (exact) mass is 433 g/mol. The summed E-state index contributed by atoms with van der Waals surface area (Å²) in [6.07, 6.45) is 1.44. The van der Waals surface area contributed by atoms with Crippen molar-refractivity contribution in [1.29, 1.82) is 0 Å². The highest BCUT2D eigenvalue weighted by molar-refractivity contribution is 6.42. The van der Waals surface area contributed by atoms with E-state index in [1.54, 1.807) is 22.7 Å². The Hall–Kier alpha value is -2.54. The van der Waals surface area contributed by atoms with Crippen molar-refractivity contribution >= 4 is 46.4 Å². The largest absolute Gasteiger partial charge is 0.457 e. The minimum Gasteiger partial charge on any atom is -0.457 e. The summed E-state index contributed by atoms with van der Waals surface area (Å²) in [4.78, 5) is 8.40. The normalized spacial score (nSPS) is 11.0. The minimum absolute atomic E-state index is 0.448. The van der Waals surface area contributed by atoms with Crippen molar-refractivity contribution in [2.75, 3.05) is 5.32 Å². The van der Waals surface area contributed by atoms with E-state index in [1.165, 1.54) is 6.33 Å². The maximum Gasteiger partial charge on any atom is 0.254 e. The molecule has 6 nitrogen and oxygen atoms in total. The van der Waals surface area contributed by atoms with Gasteiger partial charge in [0.15, 0.2) is 5.82 Å². The third kappa shape index (κ3) is 3.85. The molecule has 0 fully saturated rings. The summed E-state index contributed by atoms with van der Waals surface area (Å²) < 4.78 is 7.38. The lowest BCUT2D eigenvalue weighted by Crippen LogP contribution is -2.08. The Morgan fingerprint density at radius 2 is 1.75 bits per heavy atom. The molecule has 0 radical (unpaired) electrons. The number of rotatable bonds is 5. The molecule has 0 bridgehead atoms. The van der Waals surface area contributed by atoms with E-state index in [0.717, 1.165) is 5.56 Å². The van der Waals surface area contributed by atoms with E-state index in [9.17, 15) is 0 Å². The molecule has 0 atom stereocenters. The molecule has 0 saturated carbocycles. The first kappa shape index (κ1) is 18.8. The van der Waals surface area contributed by atoms with Gasteiger partial charge in [-0.25, -0.2) is 4.98 Å². The topological polar surface area (TPSA) is 64.3 Å². The van der Waals surface area contributed by atoms with Gasteiger partial charge in [0.1, 0.15) is 22.8 Å². The van der Waals surface area contributed by atoms with Crippen LogP contribution in [0.3, 0.4) is 0 Å². The van der Waals surface area contributed by atoms with Gasteiger partial charge in [-0.3, -0.25) is 0 Å². The predicted molar refractivity (Wildman–Crippen MR) is 111 cm³/mol. The van der Waals surface area contributed by atoms with Crippen LogP contribution in [0.25, 0.3) is 5.78 Å². The van der Waals surface area contributed by atoms with Crippen molar-refractivity contribution in [3.8, 4) is 11.5 Å². The Bertz CT molecular complexity index is 1140. The lowest BCUT2D eigenvalue weighted by Gasteiger charge is -2.12. The van der Waals surface area contributed by atoms with Gasteiger partial charge in [-0.2, -0.15) is 14.6 Å². The van der Waals surface area contributed by atoms with E-state index < -0.39 is 0 Å². The molecule has 1 N–H and O–H groups in total. The first-order chi connectivity index (χ1) is 13.5. The molecule has 0 unspecified atom stereocenters. The number of halogens is 3. The molecule has 4 rings (SSSR count). The number of benzene rings is 2. The summed E-state index contributed by atoms with van der Waals surface area (Å²) in [6, 6.07) is 12.8. The van der Waals surface area contributed by atoms with Gasteiger partial charge in [0.2, 0.25) is 0 Å². The molecule has 142 valence electrons. The number of aromatic nitrogens is 4. The fourth-order valence-corrected chi connectivity index (χ4v) is 3.10. The minimum atomic E-state index is 0.448. The van der Waals surface area contributed by atoms with Crippen LogP contribution < -0.4 is 10.1 Å². The number of hydrogen-bond acceptors (Lipinski definition) is 5. The van der Waals surface area contributed by atoms with Crippen molar-refractivity contribution in [2.45, 2.75) is 13.5 Å². The van der Waals surface area contributed by atoms with Gasteiger partial charge >= 0.3 is 0 Å². The van der Waals surface area contributed by atoms with Crippen LogP contribution in [0.4, 0.5) is 5.82 Å². The molecule has 9 heteroatoms. The highest BCUT2D eigenvalue weighted by atomic mass is 35.5. The first-order valence-corrected chi connectivity index (χ1v) is 9.46. The Morgan fingerprint density at radius 1 is 1.00 bits per heavy atom. The van der Waals surface area contributed by atoms with Gasteiger partial charge in [0.25, 0.3) is 5.78 Å². The molecule has 2 aromatic heterocycles. The van der Waals surface area contributed by atoms with E-state index in [-0.39, 0.29) is 0 Å². The molecule has 0 saturated heterocycles. The Morgan fingerprint density at radius 3 is 2.50 bits per heavy atom. The van der Waals surface area contributed by atoms with Crippen LogP contribution in [0, 0.1) is 6.92 Å². The summed E-state index contributed by atoms with van der Waals surface area (Å²) in [5.41, 5.74) is 1.73. The smallest absolute Gasteiger partial charge is 0.254 e. The lowest BCUT2D eigenvalue weighted by molar-refractivity contribution is 0.482. The molecule has 28 heavy (non-hydrogen) atoms. The number of nitrogens with one attached hydrogen (secondary N) is 1. The van der Waals surface area contributed by atoms with Crippen molar-refractivity contribution in [3.63, 3.8) is 0 Å². The van der Waals surface area contributed by atoms with Gasteiger partial charge < -0.3 is 10.1 Å². The van der Waals surface area contributed by atoms with Gasteiger partial charge in [-0.1, -0.05) is 46.9 Å². The van der Waals surface area contributed by atoms with Crippen molar-refractivity contribution < 1.29 is 4.74 Å². The van der Waals surface area contributed by atoms with E-state index in [2.05, 4.69) is 20.4 Å². The summed E-state index contributed by atoms with van der Waals surface area (Å²) in [5.74, 6) is 2.46. The number of nitrogens with zero attached hydrogens (tertiary/aromatic N) is 4. The summed E-state index contributed by atoms with van der Waals surface area (Å²) >= 11 is 18.3. The van der Waals surface area contributed by atoms with Gasteiger partial charge in [-0.05, 0) is 36.8 Å². The molecule has 4 aromatic rings. The van der Waals surface area contributed by atoms with E-state index in [1.807, 2.05) is 31.2 Å². The molecular formula is C19H14Cl3N5O. The van der Waals surface area contributed by atoms with E-state index >= 15 is 0 Å². The molecular weight excluding hydrogens is 421 g/mol. The average molecular weight is 435 g/mol. The third-order valence-corrected chi connectivity index (χ3v) is 5.24. The maximum absolute atomic E-state index is 6.38. The summed E-state index contributed by atoms with van der Waals surface area (Å²) in [7, 11) is 0. The Balaban J connectivity index is 1.47. The molecule has 0 aliphatic heterocycles. The van der Waals surface area contributed by atoms with Crippen molar-refractivity contribution in [2.24, 2.45) is 0 Å². The lowest BCUT2D eigenvalue weighted by atomic mass is 10.2. The van der Waals surface area contributed by atoms with Crippen LogP contribution in [-0.4, -0.2) is 19.6 Å². The first-order valence-electron chi connectivity index (χ1n) is 8.33. The second-order valence-electron chi connectivity index (χ2n) is 6.01. The standard InChI is InChI=1S/C19H14Cl3N5O/c1-11-17(22)18(27-19(26-11)24-10-25-27)23-9-12-2-4-13(5-3-12)28-14-6-7-15(20)16(21)8-14/h2-8,10,23H,9H2,1H3. The number of ether oxygens (including phenoxy) is 1. The Kier molecular flexibility index (Phi) is 5.26. The second-order valence-corrected chi connectivity index (χ2v) is 7.20. The second kappa shape index (κ2) is 7.83. The van der Waals surface area contributed by atoms with Crippen LogP contribution in [-0.2, 0) is 6.54 Å². The van der Waals surface area contributed by atoms with Gasteiger partial charge in [-0.15, -0.1) is 0 Å². The van der Waals surface area contributed by atoms with E-state index in [4.69, 9.17) is 39.5 Å². The van der Waals surface area contributed by atoms with Crippen LogP contribution in [0.1, 0.15) is 11.3 Å². The molecule has 0 aliphatic carbocycles. The highest BCUT2D eigenvalue weighted by Gasteiger charge is 2.12. The number of anilines is 1. The van der Waals surface area contributed by atoms with Crippen molar-refractivity contribution in [1.82, 2.24) is 19.6 Å². The Labute approximate surface area is 176 Å². The number of fused-ring (bicyclic) bond motifs is 1. The number of hydrogen-bond donors (Lipinski definition) is 1. The molecule has 0 aliphatic rings. The number of aryl methyl sites for hydroxylation is 1. The van der Waals surface area contributed by atoms with E-state index in [0.29, 0.717) is 50.4 Å². The van der Waals surface area contributed by atoms with Crippen LogP contribution in [0.2, 0.25) is 15.1 Å². The predicted octanol–water partition coefficient (Wildman–Crippen LogP) is 5.80. The molecule has 2 heterocycles. The van der Waals surface area contributed by atoms with Crippen LogP contribution in [0.5, 0.6) is 11.5 Å². The fourth-order valence-electron chi connectivity index (χ4n) is 2.62. The maximum atomic E-state index is 6.38. The van der Waals surface area contributed by atoms with Crippen molar-refractivity contribution in [3.05, 3.63) is 75.1 Å². The molecule has 0 spiro atoms. The van der Waals surface area contributed by atoms with Gasteiger partial charge in [0.05, 0.1) is 15.7 Å². The van der Waals surface area contributed by atoms with Gasteiger partial charge in [0, 0.05) is 12.6 Å². The van der Waals surface area contributed by atoms with Crippen LogP contribution in [0.15, 0.2) is 48.8 Å². The average Bonchev–Trinajstić information content (AvgIpc) is 3.14. The quantitative estimate of drug-likeness (QED) is 0.430. The zero-order valence-electron chi connectivity index (χ0n) is 14.7. The third-order valence-electron chi connectivity index (χ3n) is 4.04. The SMILES string of the molecule is Cc1nc2ncnn2c(NCc2ccc(Oc3ccc(Cl)c(Cl)c3)cc2)c1Cl.